The average Bonchev–Trinajstić information content (AvgIpc) is 2.84. The van der Waals surface area contributed by atoms with E-state index < -0.39 is 6.09 Å². The highest BCUT2D eigenvalue weighted by atomic mass is 16.5. The summed E-state index contributed by atoms with van der Waals surface area (Å²) in [6.07, 6.45) is 0.178. The molecule has 30 heavy (non-hydrogen) atoms. The Morgan fingerprint density at radius 2 is 1.50 bits per heavy atom. The molecule has 0 unspecified atom stereocenters. The van der Waals surface area contributed by atoms with Gasteiger partial charge in [-0.1, -0.05) is 76.2 Å². The minimum absolute atomic E-state index is 0.209. The van der Waals surface area contributed by atoms with Gasteiger partial charge in [0, 0.05) is 32.2 Å². The minimum atomic E-state index is -0.407. The number of para-hydroxylation sites is 1. The zero-order valence-electron chi connectivity index (χ0n) is 19.2. The number of nitrogens with one attached hydrogen (secondary N) is 1. The molecule has 1 fully saturated rings. The van der Waals surface area contributed by atoms with E-state index in [1.807, 2.05) is 69.0 Å². The summed E-state index contributed by atoms with van der Waals surface area (Å²) in [5, 5.41) is 2.25. The molecule has 0 aliphatic carbocycles. The zero-order chi connectivity index (χ0) is 22.8. The maximum absolute atomic E-state index is 12.1. The van der Waals surface area contributed by atoms with E-state index in [1.165, 1.54) is 19.7 Å². The number of nitrogens with zero attached hydrogens (tertiary/aromatic N) is 2. The molecule has 1 heterocycles. The number of rotatable bonds is 3. The van der Waals surface area contributed by atoms with E-state index in [0.717, 1.165) is 18.8 Å². The third-order valence-corrected chi connectivity index (χ3v) is 3.99. The van der Waals surface area contributed by atoms with Gasteiger partial charge >= 0.3 is 6.09 Å². The van der Waals surface area contributed by atoms with Crippen molar-refractivity contribution >= 4 is 17.7 Å². The van der Waals surface area contributed by atoms with E-state index in [0.29, 0.717) is 13.1 Å². The number of hydrogen-bond acceptors (Lipinski definition) is 4. The molecular formula is C24H37N3O3. The summed E-state index contributed by atoms with van der Waals surface area (Å²) in [5.41, 5.74) is 2.27. The molecular weight excluding hydrogens is 378 g/mol. The highest BCUT2D eigenvalue weighted by Crippen LogP contribution is 2.19. The lowest BCUT2D eigenvalue weighted by molar-refractivity contribution is -0.121. The van der Waals surface area contributed by atoms with Crippen LogP contribution in [0, 0.1) is 0 Å². The van der Waals surface area contributed by atoms with Crippen molar-refractivity contribution in [2.75, 3.05) is 32.3 Å². The van der Waals surface area contributed by atoms with Crippen molar-refractivity contribution in [1.82, 2.24) is 10.2 Å². The highest BCUT2D eigenvalue weighted by molar-refractivity contribution is 5.94. The number of alkyl carbamates (subject to hydrolysis) is 1. The maximum Gasteiger partial charge on any atom is 0.406 e. The number of hydrogen-bond donors (Lipinski definition) is 1. The van der Waals surface area contributed by atoms with Crippen LogP contribution in [-0.2, 0) is 16.1 Å². The third-order valence-electron chi connectivity index (χ3n) is 3.99. The van der Waals surface area contributed by atoms with Crippen LogP contribution in [0.25, 0.3) is 0 Å². The molecule has 6 heteroatoms. The normalized spacial score (nSPS) is 12.7. The second kappa shape index (κ2) is 17.0. The fourth-order valence-electron chi connectivity index (χ4n) is 2.64. The van der Waals surface area contributed by atoms with Crippen molar-refractivity contribution in [2.45, 2.75) is 40.7 Å². The van der Waals surface area contributed by atoms with Gasteiger partial charge in [0.1, 0.15) is 0 Å². The summed E-state index contributed by atoms with van der Waals surface area (Å²) in [4.78, 5) is 26.1. The van der Waals surface area contributed by atoms with E-state index in [9.17, 15) is 9.59 Å². The van der Waals surface area contributed by atoms with E-state index in [-0.39, 0.29) is 5.91 Å². The van der Waals surface area contributed by atoms with Gasteiger partial charge in [-0.25, -0.2) is 4.79 Å². The largest absolute Gasteiger partial charge is 0.453 e. The molecule has 1 N–H and O–H groups in total. The number of carbonyl (C=O) groups is 2. The molecule has 0 aromatic heterocycles. The van der Waals surface area contributed by atoms with Crippen LogP contribution in [0.3, 0.4) is 0 Å². The smallest absolute Gasteiger partial charge is 0.406 e. The molecule has 0 radical (unpaired) electrons. The Balaban J connectivity index is 0.000000719. The van der Waals surface area contributed by atoms with E-state index >= 15 is 0 Å². The van der Waals surface area contributed by atoms with E-state index in [1.54, 1.807) is 0 Å². The first-order chi connectivity index (χ1) is 14.6. The van der Waals surface area contributed by atoms with Crippen LogP contribution in [-0.4, -0.2) is 44.3 Å². The van der Waals surface area contributed by atoms with Crippen LogP contribution in [0.1, 0.15) is 39.7 Å². The van der Waals surface area contributed by atoms with Gasteiger partial charge in [0.15, 0.2) is 0 Å². The number of benzene rings is 2. The molecule has 166 valence electrons. The number of amides is 2. The molecule has 6 nitrogen and oxygen atoms in total. The highest BCUT2D eigenvalue weighted by Gasteiger charge is 2.24. The Bertz CT molecular complexity index is 687. The Labute approximate surface area is 181 Å². The minimum Gasteiger partial charge on any atom is -0.453 e. The maximum atomic E-state index is 12.1. The summed E-state index contributed by atoms with van der Waals surface area (Å²) in [7, 11) is 2.82. The quantitative estimate of drug-likeness (QED) is 0.774. The van der Waals surface area contributed by atoms with Crippen LogP contribution >= 0.6 is 0 Å². The molecule has 2 amide bonds. The SMILES string of the molecule is CC.CC.CNC(=O)OC.O=C1CCN(Cc2ccccc2)CN1c1ccccc1. The second-order valence-corrected chi connectivity index (χ2v) is 5.83. The molecule has 1 aliphatic rings. The number of methoxy groups -OCH3 is 1. The van der Waals surface area contributed by atoms with Gasteiger partial charge in [-0.15, -0.1) is 0 Å². The lowest BCUT2D eigenvalue weighted by Gasteiger charge is -2.35. The first-order valence-corrected chi connectivity index (χ1v) is 10.5. The summed E-state index contributed by atoms with van der Waals surface area (Å²) in [5.74, 6) is 0.209. The molecule has 0 atom stereocenters. The lowest BCUT2D eigenvalue weighted by Crippen LogP contribution is -2.47. The summed E-state index contributed by atoms with van der Waals surface area (Å²) in [6, 6.07) is 20.3. The number of anilines is 1. The topological polar surface area (TPSA) is 61.9 Å². The molecule has 0 spiro atoms. The van der Waals surface area contributed by atoms with Gasteiger partial charge in [0.2, 0.25) is 5.91 Å². The Morgan fingerprint density at radius 1 is 0.967 bits per heavy atom. The van der Waals surface area contributed by atoms with Crippen molar-refractivity contribution in [3.8, 4) is 0 Å². The van der Waals surface area contributed by atoms with Crippen LogP contribution in [0.2, 0.25) is 0 Å². The predicted molar refractivity (Wildman–Crippen MR) is 124 cm³/mol. The fraction of sp³-hybridized carbons (Fsp3) is 0.417. The van der Waals surface area contributed by atoms with E-state index in [2.05, 4.69) is 39.2 Å². The van der Waals surface area contributed by atoms with Crippen molar-refractivity contribution in [2.24, 2.45) is 0 Å². The van der Waals surface area contributed by atoms with Crippen molar-refractivity contribution in [3.05, 3.63) is 66.2 Å². The number of ether oxygens (including phenoxy) is 1. The van der Waals surface area contributed by atoms with E-state index in [4.69, 9.17) is 0 Å². The monoisotopic (exact) mass is 415 g/mol. The van der Waals surface area contributed by atoms with Crippen LogP contribution in [0.4, 0.5) is 10.5 Å². The standard InChI is InChI=1S/C17H18N2O.C3H7NO2.2C2H6/c20-17-11-12-18(13-15-7-3-1-4-8-15)14-19(17)16-9-5-2-6-10-16;1-4-3(5)6-2;2*1-2/h1-10H,11-14H2;1-2H3,(H,4,5);2*1-2H3. The van der Waals surface area contributed by atoms with Crippen molar-refractivity contribution in [3.63, 3.8) is 0 Å². The molecule has 0 bridgehead atoms. The van der Waals surface area contributed by atoms with Gasteiger partial charge in [-0.2, -0.15) is 0 Å². The van der Waals surface area contributed by atoms with Gasteiger partial charge in [-0.3, -0.25) is 14.6 Å². The first-order valence-electron chi connectivity index (χ1n) is 10.5. The predicted octanol–water partition coefficient (Wildman–Crippen LogP) is 4.91. The molecule has 1 aliphatic heterocycles. The summed E-state index contributed by atoms with van der Waals surface area (Å²) >= 11 is 0. The third kappa shape index (κ3) is 10.1. The van der Waals surface area contributed by atoms with Gasteiger partial charge < -0.3 is 10.1 Å². The number of carbonyl (C=O) groups excluding carboxylic acids is 2. The first kappa shape index (κ1) is 27.1. The Kier molecular flexibility index (Phi) is 15.4. The molecule has 2 aromatic rings. The zero-order valence-corrected chi connectivity index (χ0v) is 19.2. The summed E-state index contributed by atoms with van der Waals surface area (Å²) in [6.45, 7) is 10.4. The fourth-order valence-corrected chi connectivity index (χ4v) is 2.64. The molecule has 2 aromatic carbocycles. The van der Waals surface area contributed by atoms with Crippen molar-refractivity contribution < 1.29 is 14.3 Å². The second-order valence-electron chi connectivity index (χ2n) is 5.83. The van der Waals surface area contributed by atoms with Gasteiger partial charge in [0.25, 0.3) is 0 Å². The van der Waals surface area contributed by atoms with Crippen LogP contribution in [0.5, 0.6) is 0 Å². The molecule has 1 saturated heterocycles. The van der Waals surface area contributed by atoms with Crippen LogP contribution < -0.4 is 10.2 Å². The average molecular weight is 416 g/mol. The Hall–Kier alpha value is -2.86. The van der Waals surface area contributed by atoms with Gasteiger partial charge in [0.05, 0.1) is 13.8 Å². The Morgan fingerprint density at radius 3 is 1.97 bits per heavy atom. The molecule has 0 saturated carbocycles. The van der Waals surface area contributed by atoms with Crippen LogP contribution in [0.15, 0.2) is 60.7 Å². The lowest BCUT2D eigenvalue weighted by atomic mass is 10.2. The molecule has 3 rings (SSSR count). The van der Waals surface area contributed by atoms with Crippen molar-refractivity contribution in [1.29, 1.82) is 0 Å². The van der Waals surface area contributed by atoms with Gasteiger partial charge in [-0.05, 0) is 17.7 Å². The summed E-state index contributed by atoms with van der Waals surface area (Å²) < 4.78 is 4.15.